The van der Waals surface area contributed by atoms with Crippen molar-refractivity contribution in [2.75, 3.05) is 0 Å². The summed E-state index contributed by atoms with van der Waals surface area (Å²) in [6.45, 7) is 1.78. The summed E-state index contributed by atoms with van der Waals surface area (Å²) in [7, 11) is 0. The Labute approximate surface area is 75.8 Å². The molecule has 0 aliphatic rings. The van der Waals surface area contributed by atoms with Gasteiger partial charge in [0.05, 0.1) is 11.1 Å². The van der Waals surface area contributed by atoms with Gasteiger partial charge in [0.25, 0.3) is 0 Å². The second-order valence-corrected chi connectivity index (χ2v) is 2.97. The Morgan fingerprint density at radius 3 is 2.83 bits per heavy atom. The summed E-state index contributed by atoms with van der Waals surface area (Å²) >= 11 is 5.53. The van der Waals surface area contributed by atoms with Crippen molar-refractivity contribution in [1.29, 1.82) is 0 Å². The minimum absolute atomic E-state index is 0.0556. The van der Waals surface area contributed by atoms with Crippen LogP contribution in [-0.4, -0.2) is 5.11 Å². The smallest absolute Gasteiger partial charge is 0.147 e. The molecule has 0 amide bonds. The first-order valence-corrected chi connectivity index (χ1v) is 4.16. The molecular weight excluding hydrogens is 179 g/mol. The Balaban J connectivity index is 3.07. The SMILES string of the molecule is CC[C@@H](O)c1cccc(Cl)c1F. The van der Waals surface area contributed by atoms with Crippen molar-refractivity contribution in [2.45, 2.75) is 19.4 Å². The lowest BCUT2D eigenvalue weighted by molar-refractivity contribution is 0.169. The maximum Gasteiger partial charge on any atom is 0.147 e. The molecule has 0 fully saturated rings. The van der Waals surface area contributed by atoms with Crippen molar-refractivity contribution in [3.8, 4) is 0 Å². The molecule has 0 aliphatic carbocycles. The maximum atomic E-state index is 13.1. The number of hydrogen-bond donors (Lipinski definition) is 1. The molecule has 12 heavy (non-hydrogen) atoms. The summed E-state index contributed by atoms with van der Waals surface area (Å²) in [4.78, 5) is 0. The Morgan fingerprint density at radius 2 is 2.25 bits per heavy atom. The van der Waals surface area contributed by atoms with Gasteiger partial charge in [-0.1, -0.05) is 30.7 Å². The molecule has 0 saturated carbocycles. The molecule has 1 nitrogen and oxygen atoms in total. The molecule has 1 atom stereocenters. The third-order valence-electron chi connectivity index (χ3n) is 1.73. The van der Waals surface area contributed by atoms with Crippen LogP contribution in [0.4, 0.5) is 4.39 Å². The van der Waals surface area contributed by atoms with Crippen molar-refractivity contribution in [3.63, 3.8) is 0 Å². The molecule has 0 heterocycles. The van der Waals surface area contributed by atoms with E-state index in [0.717, 1.165) is 0 Å². The van der Waals surface area contributed by atoms with Crippen LogP contribution < -0.4 is 0 Å². The second-order valence-electron chi connectivity index (χ2n) is 2.57. The Kier molecular flexibility index (Phi) is 3.06. The van der Waals surface area contributed by atoms with Crippen molar-refractivity contribution in [3.05, 3.63) is 34.6 Å². The first-order valence-electron chi connectivity index (χ1n) is 3.78. The van der Waals surface area contributed by atoms with Crippen LogP contribution in [0, 0.1) is 5.82 Å². The number of aliphatic hydroxyl groups is 1. The summed E-state index contributed by atoms with van der Waals surface area (Å²) in [5, 5.41) is 9.39. The summed E-state index contributed by atoms with van der Waals surface area (Å²) in [5.74, 6) is -0.520. The van der Waals surface area contributed by atoms with Crippen LogP contribution in [0.1, 0.15) is 25.0 Å². The van der Waals surface area contributed by atoms with Gasteiger partial charge in [0, 0.05) is 5.56 Å². The number of aliphatic hydroxyl groups excluding tert-OH is 1. The zero-order chi connectivity index (χ0) is 9.14. The highest BCUT2D eigenvalue weighted by molar-refractivity contribution is 6.30. The van der Waals surface area contributed by atoms with E-state index in [1.165, 1.54) is 12.1 Å². The number of hydrogen-bond acceptors (Lipinski definition) is 1. The van der Waals surface area contributed by atoms with E-state index in [-0.39, 0.29) is 10.6 Å². The predicted molar refractivity (Wildman–Crippen MR) is 46.7 cm³/mol. The van der Waals surface area contributed by atoms with Gasteiger partial charge < -0.3 is 5.11 Å². The van der Waals surface area contributed by atoms with Crippen molar-refractivity contribution >= 4 is 11.6 Å². The van der Waals surface area contributed by atoms with E-state index in [9.17, 15) is 9.50 Å². The van der Waals surface area contributed by atoms with E-state index in [0.29, 0.717) is 6.42 Å². The van der Waals surface area contributed by atoms with E-state index >= 15 is 0 Å². The molecule has 0 unspecified atom stereocenters. The van der Waals surface area contributed by atoms with E-state index in [2.05, 4.69) is 0 Å². The van der Waals surface area contributed by atoms with Crippen molar-refractivity contribution in [1.82, 2.24) is 0 Å². The van der Waals surface area contributed by atoms with Gasteiger partial charge in [-0.15, -0.1) is 0 Å². The lowest BCUT2D eigenvalue weighted by Crippen LogP contribution is -1.98. The predicted octanol–water partition coefficient (Wildman–Crippen LogP) is 2.92. The Bertz CT molecular complexity index is 275. The molecule has 66 valence electrons. The molecular formula is C9H10ClFO. The number of rotatable bonds is 2. The summed E-state index contributed by atoms with van der Waals surface area (Å²) < 4.78 is 13.1. The fraction of sp³-hybridized carbons (Fsp3) is 0.333. The molecule has 3 heteroatoms. The van der Waals surface area contributed by atoms with Crippen LogP contribution in [-0.2, 0) is 0 Å². The zero-order valence-corrected chi connectivity index (χ0v) is 7.48. The third-order valence-corrected chi connectivity index (χ3v) is 2.02. The molecule has 0 saturated heterocycles. The van der Waals surface area contributed by atoms with E-state index < -0.39 is 11.9 Å². The highest BCUT2D eigenvalue weighted by Gasteiger charge is 2.12. The van der Waals surface area contributed by atoms with Gasteiger partial charge in [0.15, 0.2) is 0 Å². The average Bonchev–Trinajstić information content (AvgIpc) is 2.08. The van der Waals surface area contributed by atoms with Crippen LogP contribution in [0.5, 0.6) is 0 Å². The van der Waals surface area contributed by atoms with Crippen LogP contribution in [0.2, 0.25) is 5.02 Å². The number of benzene rings is 1. The van der Waals surface area contributed by atoms with Crippen LogP contribution in [0.25, 0.3) is 0 Å². The van der Waals surface area contributed by atoms with Gasteiger partial charge in [-0.05, 0) is 12.5 Å². The summed E-state index contributed by atoms with van der Waals surface area (Å²) in [6, 6.07) is 4.62. The Morgan fingerprint density at radius 1 is 1.58 bits per heavy atom. The van der Waals surface area contributed by atoms with Crippen LogP contribution >= 0.6 is 11.6 Å². The van der Waals surface area contributed by atoms with Gasteiger partial charge in [-0.25, -0.2) is 4.39 Å². The summed E-state index contributed by atoms with van der Waals surface area (Å²) in [5.41, 5.74) is 0.269. The van der Waals surface area contributed by atoms with Crippen molar-refractivity contribution in [2.24, 2.45) is 0 Å². The first-order chi connectivity index (χ1) is 5.66. The minimum atomic E-state index is -0.760. The largest absolute Gasteiger partial charge is 0.388 e. The molecule has 0 aromatic heterocycles. The first kappa shape index (κ1) is 9.49. The lowest BCUT2D eigenvalue weighted by atomic mass is 10.1. The van der Waals surface area contributed by atoms with Gasteiger partial charge >= 0.3 is 0 Å². The van der Waals surface area contributed by atoms with E-state index in [1.807, 2.05) is 0 Å². The zero-order valence-electron chi connectivity index (χ0n) is 6.72. The molecule has 0 radical (unpaired) electrons. The average molecular weight is 189 g/mol. The normalized spacial score (nSPS) is 13.0. The fourth-order valence-corrected chi connectivity index (χ4v) is 1.18. The topological polar surface area (TPSA) is 20.2 Å². The third kappa shape index (κ3) is 1.76. The number of halogens is 2. The minimum Gasteiger partial charge on any atom is -0.388 e. The van der Waals surface area contributed by atoms with Crippen LogP contribution in [0.15, 0.2) is 18.2 Å². The van der Waals surface area contributed by atoms with E-state index in [4.69, 9.17) is 11.6 Å². The molecule has 0 bridgehead atoms. The summed E-state index contributed by atoms with van der Waals surface area (Å²) in [6.07, 6.45) is -0.277. The molecule has 0 spiro atoms. The highest BCUT2D eigenvalue weighted by atomic mass is 35.5. The lowest BCUT2D eigenvalue weighted by Gasteiger charge is -2.09. The fourth-order valence-electron chi connectivity index (χ4n) is 0.998. The molecule has 1 aromatic rings. The standard InChI is InChI=1S/C9H10ClFO/c1-2-8(12)6-4-3-5-7(10)9(6)11/h3-5,8,12H,2H2,1H3/t8-/m1/s1. The molecule has 0 aliphatic heterocycles. The van der Waals surface area contributed by atoms with Crippen molar-refractivity contribution < 1.29 is 9.50 Å². The molecule has 1 aromatic carbocycles. The van der Waals surface area contributed by atoms with E-state index in [1.54, 1.807) is 13.0 Å². The van der Waals surface area contributed by atoms with Gasteiger partial charge in [-0.2, -0.15) is 0 Å². The molecule has 1 N–H and O–H groups in total. The van der Waals surface area contributed by atoms with Gasteiger partial charge in [0.1, 0.15) is 5.82 Å². The van der Waals surface area contributed by atoms with Gasteiger partial charge in [0.2, 0.25) is 0 Å². The molecule has 1 rings (SSSR count). The monoisotopic (exact) mass is 188 g/mol. The van der Waals surface area contributed by atoms with Gasteiger partial charge in [-0.3, -0.25) is 0 Å². The van der Waals surface area contributed by atoms with Crippen LogP contribution in [0.3, 0.4) is 0 Å². The Hall–Kier alpha value is -0.600. The maximum absolute atomic E-state index is 13.1. The quantitative estimate of drug-likeness (QED) is 0.757. The highest BCUT2D eigenvalue weighted by Crippen LogP contribution is 2.24. The second kappa shape index (κ2) is 3.87.